The smallest absolute Gasteiger partial charge is 0.243 e. The number of hydrogen-bond donors (Lipinski definition) is 0. The van der Waals surface area contributed by atoms with Gasteiger partial charge in [-0.2, -0.15) is 4.31 Å². The Morgan fingerprint density at radius 1 is 1.04 bits per heavy atom. The van der Waals surface area contributed by atoms with Gasteiger partial charge in [0.1, 0.15) is 11.5 Å². The van der Waals surface area contributed by atoms with Crippen molar-refractivity contribution in [3.8, 4) is 11.5 Å². The summed E-state index contributed by atoms with van der Waals surface area (Å²) < 4.78 is 38.3. The number of benzene rings is 2. The third-order valence-corrected chi connectivity index (χ3v) is 6.48. The van der Waals surface area contributed by atoms with Gasteiger partial charge in [0.25, 0.3) is 0 Å². The van der Waals surface area contributed by atoms with Crippen molar-refractivity contribution in [2.75, 3.05) is 21.3 Å². The van der Waals surface area contributed by atoms with E-state index in [2.05, 4.69) is 15.9 Å². The fourth-order valence-corrected chi connectivity index (χ4v) is 4.45. The van der Waals surface area contributed by atoms with E-state index in [-0.39, 0.29) is 10.9 Å². The standard InChI is InChI=1S/C17H20BrNO4S/c1-12(14-7-5-6-8-16(14)22-3)19(2)24(20,21)13-9-10-17(23-4)15(18)11-13/h5-12H,1-4H3/t12-/m0/s1. The molecule has 0 aliphatic rings. The summed E-state index contributed by atoms with van der Waals surface area (Å²) in [5, 5.41) is 0. The summed E-state index contributed by atoms with van der Waals surface area (Å²) in [5.41, 5.74) is 0.804. The minimum absolute atomic E-state index is 0.194. The third kappa shape index (κ3) is 3.58. The molecule has 24 heavy (non-hydrogen) atoms. The van der Waals surface area contributed by atoms with Crippen LogP contribution < -0.4 is 9.47 Å². The summed E-state index contributed by atoms with van der Waals surface area (Å²) in [6, 6.07) is 11.7. The van der Waals surface area contributed by atoms with Crippen molar-refractivity contribution in [2.45, 2.75) is 17.9 Å². The van der Waals surface area contributed by atoms with Crippen molar-refractivity contribution < 1.29 is 17.9 Å². The van der Waals surface area contributed by atoms with Crippen molar-refractivity contribution in [3.05, 3.63) is 52.5 Å². The number of hydrogen-bond acceptors (Lipinski definition) is 4. The molecule has 7 heteroatoms. The Labute approximate surface area is 151 Å². The van der Waals surface area contributed by atoms with Crippen LogP contribution in [-0.4, -0.2) is 34.0 Å². The van der Waals surface area contributed by atoms with Crippen LogP contribution in [0.4, 0.5) is 0 Å². The first-order valence-corrected chi connectivity index (χ1v) is 9.50. The quantitative estimate of drug-likeness (QED) is 0.721. The lowest BCUT2D eigenvalue weighted by molar-refractivity contribution is 0.367. The molecule has 0 bridgehead atoms. The van der Waals surface area contributed by atoms with Gasteiger partial charge in [0.15, 0.2) is 0 Å². The van der Waals surface area contributed by atoms with Crippen molar-refractivity contribution in [1.82, 2.24) is 4.31 Å². The molecular weight excluding hydrogens is 394 g/mol. The van der Waals surface area contributed by atoms with E-state index in [4.69, 9.17) is 9.47 Å². The SMILES string of the molecule is COc1ccc(S(=O)(=O)N(C)[C@@H](C)c2ccccc2OC)cc1Br. The fourth-order valence-electron chi connectivity index (χ4n) is 2.39. The molecule has 2 aromatic rings. The van der Waals surface area contributed by atoms with Gasteiger partial charge in [0, 0.05) is 12.6 Å². The second kappa shape index (κ2) is 7.55. The first-order chi connectivity index (χ1) is 11.3. The molecule has 0 amide bonds. The number of nitrogens with zero attached hydrogens (tertiary/aromatic N) is 1. The fraction of sp³-hybridized carbons (Fsp3) is 0.294. The van der Waals surface area contributed by atoms with Gasteiger partial charge in [0.2, 0.25) is 10.0 Å². The molecule has 0 heterocycles. The van der Waals surface area contributed by atoms with Crippen molar-refractivity contribution in [1.29, 1.82) is 0 Å². The van der Waals surface area contributed by atoms with Gasteiger partial charge >= 0.3 is 0 Å². The van der Waals surface area contributed by atoms with E-state index in [1.807, 2.05) is 31.2 Å². The van der Waals surface area contributed by atoms with Crippen LogP contribution in [0.1, 0.15) is 18.5 Å². The van der Waals surface area contributed by atoms with Gasteiger partial charge < -0.3 is 9.47 Å². The zero-order valence-corrected chi connectivity index (χ0v) is 16.4. The van der Waals surface area contributed by atoms with Crippen LogP contribution in [-0.2, 0) is 10.0 Å². The molecule has 130 valence electrons. The van der Waals surface area contributed by atoms with E-state index >= 15 is 0 Å². The highest BCUT2D eigenvalue weighted by molar-refractivity contribution is 9.10. The Morgan fingerprint density at radius 2 is 1.67 bits per heavy atom. The van der Waals surface area contributed by atoms with Crippen LogP contribution in [0.2, 0.25) is 0 Å². The average molecular weight is 414 g/mol. The maximum absolute atomic E-state index is 12.9. The Morgan fingerprint density at radius 3 is 2.25 bits per heavy atom. The van der Waals surface area contributed by atoms with Crippen LogP contribution in [0.25, 0.3) is 0 Å². The Hall–Kier alpha value is -1.57. The van der Waals surface area contributed by atoms with Crippen LogP contribution in [0.15, 0.2) is 51.8 Å². The molecule has 2 aromatic carbocycles. The van der Waals surface area contributed by atoms with E-state index in [0.717, 1.165) is 5.56 Å². The summed E-state index contributed by atoms with van der Waals surface area (Å²) in [7, 11) is 0.995. The van der Waals surface area contributed by atoms with E-state index in [1.54, 1.807) is 26.3 Å². The lowest BCUT2D eigenvalue weighted by atomic mass is 10.1. The first kappa shape index (κ1) is 18.8. The molecular formula is C17H20BrNO4S. The monoisotopic (exact) mass is 413 g/mol. The summed E-state index contributed by atoms with van der Waals surface area (Å²) in [6.45, 7) is 1.83. The molecule has 5 nitrogen and oxygen atoms in total. The molecule has 2 rings (SSSR count). The number of sulfonamides is 1. The lowest BCUT2D eigenvalue weighted by Gasteiger charge is -2.26. The van der Waals surface area contributed by atoms with Gasteiger partial charge in [-0.25, -0.2) is 8.42 Å². The van der Waals surface area contributed by atoms with E-state index in [9.17, 15) is 8.42 Å². The van der Waals surface area contributed by atoms with Gasteiger partial charge in [-0.15, -0.1) is 0 Å². The van der Waals surface area contributed by atoms with Crippen molar-refractivity contribution >= 4 is 26.0 Å². The van der Waals surface area contributed by atoms with Crippen molar-refractivity contribution in [2.24, 2.45) is 0 Å². The van der Waals surface area contributed by atoms with E-state index in [1.165, 1.54) is 17.5 Å². The predicted octanol–water partition coefficient (Wildman–Crippen LogP) is 3.85. The Bertz CT molecular complexity index is 823. The molecule has 0 saturated heterocycles. The normalized spacial score (nSPS) is 12.9. The minimum Gasteiger partial charge on any atom is -0.496 e. The summed E-state index contributed by atoms with van der Waals surface area (Å²) >= 11 is 3.33. The zero-order valence-electron chi connectivity index (χ0n) is 14.0. The largest absolute Gasteiger partial charge is 0.496 e. The molecule has 0 fully saturated rings. The summed E-state index contributed by atoms with van der Waals surface area (Å²) in [6.07, 6.45) is 0. The molecule has 0 spiro atoms. The van der Waals surface area contributed by atoms with E-state index in [0.29, 0.717) is 16.0 Å². The average Bonchev–Trinajstić information content (AvgIpc) is 2.60. The van der Waals surface area contributed by atoms with Crippen LogP contribution in [0, 0.1) is 0 Å². The van der Waals surface area contributed by atoms with Crippen LogP contribution in [0.3, 0.4) is 0 Å². The lowest BCUT2D eigenvalue weighted by Crippen LogP contribution is -2.30. The Balaban J connectivity index is 2.40. The highest BCUT2D eigenvalue weighted by Crippen LogP contribution is 2.33. The summed E-state index contributed by atoms with van der Waals surface area (Å²) in [5.74, 6) is 1.23. The topological polar surface area (TPSA) is 55.8 Å². The van der Waals surface area contributed by atoms with Gasteiger partial charge in [-0.3, -0.25) is 0 Å². The van der Waals surface area contributed by atoms with Crippen LogP contribution in [0.5, 0.6) is 11.5 Å². The van der Waals surface area contributed by atoms with Gasteiger partial charge in [-0.1, -0.05) is 18.2 Å². The molecule has 0 radical (unpaired) electrons. The molecule has 0 unspecified atom stereocenters. The maximum Gasteiger partial charge on any atom is 0.243 e. The number of ether oxygens (including phenoxy) is 2. The van der Waals surface area contributed by atoms with Gasteiger partial charge in [-0.05, 0) is 47.1 Å². The van der Waals surface area contributed by atoms with Crippen LogP contribution >= 0.6 is 15.9 Å². The zero-order chi connectivity index (χ0) is 17.9. The summed E-state index contributed by atoms with van der Waals surface area (Å²) in [4.78, 5) is 0.194. The molecule has 0 aliphatic heterocycles. The third-order valence-electron chi connectivity index (χ3n) is 3.93. The van der Waals surface area contributed by atoms with Gasteiger partial charge in [0.05, 0.1) is 29.6 Å². The molecule has 0 saturated carbocycles. The first-order valence-electron chi connectivity index (χ1n) is 7.27. The highest BCUT2D eigenvalue weighted by atomic mass is 79.9. The second-order valence-electron chi connectivity index (χ2n) is 5.24. The second-order valence-corrected chi connectivity index (χ2v) is 8.09. The molecule has 0 aromatic heterocycles. The van der Waals surface area contributed by atoms with E-state index < -0.39 is 10.0 Å². The number of rotatable bonds is 6. The number of para-hydroxylation sites is 1. The predicted molar refractivity (Wildman–Crippen MR) is 97.1 cm³/mol. The minimum atomic E-state index is -3.67. The number of methoxy groups -OCH3 is 2. The highest BCUT2D eigenvalue weighted by Gasteiger charge is 2.28. The molecule has 0 aliphatic carbocycles. The maximum atomic E-state index is 12.9. The molecule has 0 N–H and O–H groups in total. The molecule has 1 atom stereocenters. The Kier molecular flexibility index (Phi) is 5.90. The van der Waals surface area contributed by atoms with Crippen molar-refractivity contribution in [3.63, 3.8) is 0 Å². The number of halogens is 1.